The first-order valence-electron chi connectivity index (χ1n) is 5.86. The summed E-state index contributed by atoms with van der Waals surface area (Å²) in [5.41, 5.74) is 2.05. The fraction of sp³-hybridized carbons (Fsp3) is 0.214. The molecular weight excluding hydrogens is 245 g/mol. The minimum absolute atomic E-state index is 0.333. The van der Waals surface area contributed by atoms with Gasteiger partial charge in [-0.3, -0.25) is 4.79 Å². The van der Waals surface area contributed by atoms with Gasteiger partial charge in [-0.1, -0.05) is 6.07 Å². The van der Waals surface area contributed by atoms with Crippen LogP contribution in [0, 0.1) is 26.6 Å². The van der Waals surface area contributed by atoms with Gasteiger partial charge in [-0.05, 0) is 39.0 Å². The van der Waals surface area contributed by atoms with Gasteiger partial charge < -0.3 is 5.32 Å². The summed E-state index contributed by atoms with van der Waals surface area (Å²) in [4.78, 5) is 20.5. The second-order valence-corrected chi connectivity index (χ2v) is 4.28. The zero-order valence-electron chi connectivity index (χ0n) is 11.0. The summed E-state index contributed by atoms with van der Waals surface area (Å²) in [6.07, 6.45) is 0. The van der Waals surface area contributed by atoms with E-state index in [0.29, 0.717) is 28.5 Å². The number of hydrogen-bond acceptors (Lipinski definition) is 3. The standard InChI is InChI=1S/C14H14FN3O/c1-8-13(9(2)17-10(3)16-8)14(19)18-12-6-4-5-11(15)7-12/h4-7H,1-3H3,(H,18,19). The summed E-state index contributed by atoms with van der Waals surface area (Å²) in [5.74, 6) is -0.107. The van der Waals surface area contributed by atoms with E-state index in [4.69, 9.17) is 0 Å². The van der Waals surface area contributed by atoms with Crippen LogP contribution in [0.3, 0.4) is 0 Å². The van der Waals surface area contributed by atoms with Crippen LogP contribution >= 0.6 is 0 Å². The van der Waals surface area contributed by atoms with Crippen molar-refractivity contribution in [2.75, 3.05) is 5.32 Å². The molecule has 2 rings (SSSR count). The predicted octanol–water partition coefficient (Wildman–Crippen LogP) is 2.79. The molecule has 1 amide bonds. The molecule has 1 aromatic heterocycles. The lowest BCUT2D eigenvalue weighted by Gasteiger charge is -2.10. The molecule has 0 bridgehead atoms. The monoisotopic (exact) mass is 259 g/mol. The van der Waals surface area contributed by atoms with E-state index >= 15 is 0 Å². The summed E-state index contributed by atoms with van der Waals surface area (Å²) in [6.45, 7) is 5.28. The quantitative estimate of drug-likeness (QED) is 0.902. The number of rotatable bonds is 2. The van der Waals surface area contributed by atoms with Crippen molar-refractivity contribution >= 4 is 11.6 Å². The lowest BCUT2D eigenvalue weighted by atomic mass is 10.1. The van der Waals surface area contributed by atoms with Gasteiger partial charge in [0.2, 0.25) is 0 Å². The smallest absolute Gasteiger partial charge is 0.259 e. The van der Waals surface area contributed by atoms with Gasteiger partial charge in [0, 0.05) is 5.69 Å². The van der Waals surface area contributed by atoms with Gasteiger partial charge in [-0.15, -0.1) is 0 Å². The Bertz CT molecular complexity index is 617. The molecule has 19 heavy (non-hydrogen) atoms. The lowest BCUT2D eigenvalue weighted by molar-refractivity contribution is 0.102. The van der Waals surface area contributed by atoms with E-state index in [2.05, 4.69) is 15.3 Å². The Morgan fingerprint density at radius 3 is 2.37 bits per heavy atom. The topological polar surface area (TPSA) is 54.9 Å². The van der Waals surface area contributed by atoms with E-state index in [9.17, 15) is 9.18 Å². The van der Waals surface area contributed by atoms with Crippen molar-refractivity contribution in [2.24, 2.45) is 0 Å². The molecule has 0 spiro atoms. The summed E-state index contributed by atoms with van der Waals surface area (Å²) in [5, 5.41) is 2.64. The molecule has 0 aliphatic carbocycles. The minimum Gasteiger partial charge on any atom is -0.322 e. The van der Waals surface area contributed by atoms with Crippen molar-refractivity contribution in [3.8, 4) is 0 Å². The molecule has 5 heteroatoms. The van der Waals surface area contributed by atoms with E-state index in [1.54, 1.807) is 26.8 Å². The highest BCUT2D eigenvalue weighted by molar-refractivity contribution is 6.05. The third-order valence-corrected chi connectivity index (χ3v) is 2.69. The van der Waals surface area contributed by atoms with Crippen LogP contribution in [0.2, 0.25) is 0 Å². The summed E-state index contributed by atoms with van der Waals surface area (Å²) in [7, 11) is 0. The van der Waals surface area contributed by atoms with Crippen molar-refractivity contribution in [1.82, 2.24) is 9.97 Å². The number of nitrogens with one attached hydrogen (secondary N) is 1. The highest BCUT2D eigenvalue weighted by Gasteiger charge is 2.15. The number of aromatic nitrogens is 2. The Morgan fingerprint density at radius 2 is 1.79 bits per heavy atom. The van der Waals surface area contributed by atoms with Crippen LogP contribution in [0.1, 0.15) is 27.6 Å². The second-order valence-electron chi connectivity index (χ2n) is 4.28. The predicted molar refractivity (Wildman–Crippen MR) is 70.6 cm³/mol. The molecule has 0 radical (unpaired) electrons. The number of nitrogens with zero attached hydrogens (tertiary/aromatic N) is 2. The Kier molecular flexibility index (Phi) is 3.55. The van der Waals surface area contributed by atoms with Gasteiger partial charge in [0.05, 0.1) is 17.0 Å². The Balaban J connectivity index is 2.31. The van der Waals surface area contributed by atoms with Crippen LogP contribution in [-0.2, 0) is 0 Å². The summed E-state index contributed by atoms with van der Waals surface area (Å²) < 4.78 is 13.1. The first kappa shape index (κ1) is 13.1. The van der Waals surface area contributed by atoms with E-state index in [1.165, 1.54) is 18.2 Å². The van der Waals surface area contributed by atoms with Crippen LogP contribution in [0.5, 0.6) is 0 Å². The molecule has 0 saturated carbocycles. The SMILES string of the molecule is Cc1nc(C)c(C(=O)Nc2cccc(F)c2)c(C)n1. The molecule has 0 aliphatic heterocycles. The zero-order chi connectivity index (χ0) is 14.0. The molecule has 1 heterocycles. The van der Waals surface area contributed by atoms with Crippen molar-refractivity contribution in [3.05, 3.63) is 52.9 Å². The van der Waals surface area contributed by atoms with Gasteiger partial charge in [0.1, 0.15) is 11.6 Å². The first-order valence-corrected chi connectivity index (χ1v) is 5.86. The first-order chi connectivity index (χ1) is 8.97. The summed E-state index contributed by atoms with van der Waals surface area (Å²) in [6, 6.07) is 5.75. The van der Waals surface area contributed by atoms with E-state index < -0.39 is 5.82 Å². The number of amides is 1. The minimum atomic E-state index is -0.397. The number of hydrogen-bond donors (Lipinski definition) is 1. The number of carbonyl (C=O) groups excluding carboxylic acids is 1. The van der Waals surface area contributed by atoms with Crippen LogP contribution in [0.25, 0.3) is 0 Å². The average molecular weight is 259 g/mol. The fourth-order valence-electron chi connectivity index (χ4n) is 1.97. The maximum Gasteiger partial charge on any atom is 0.259 e. The maximum atomic E-state index is 13.1. The highest BCUT2D eigenvalue weighted by atomic mass is 19.1. The maximum absolute atomic E-state index is 13.1. The normalized spacial score (nSPS) is 10.3. The van der Waals surface area contributed by atoms with Crippen LogP contribution in [0.15, 0.2) is 24.3 Å². The van der Waals surface area contributed by atoms with Gasteiger partial charge in [0.15, 0.2) is 0 Å². The number of halogens is 1. The molecule has 2 aromatic rings. The third kappa shape index (κ3) is 2.93. The summed E-state index contributed by atoms with van der Waals surface area (Å²) >= 11 is 0. The van der Waals surface area contributed by atoms with Gasteiger partial charge in [0.25, 0.3) is 5.91 Å². The average Bonchev–Trinajstić information content (AvgIpc) is 2.27. The fourth-order valence-corrected chi connectivity index (χ4v) is 1.97. The molecule has 0 saturated heterocycles. The number of anilines is 1. The largest absolute Gasteiger partial charge is 0.322 e. The molecule has 0 aliphatic rings. The van der Waals surface area contributed by atoms with Crippen LogP contribution < -0.4 is 5.32 Å². The second kappa shape index (κ2) is 5.14. The Labute approximate surface area is 110 Å². The van der Waals surface area contributed by atoms with Crippen molar-refractivity contribution in [2.45, 2.75) is 20.8 Å². The number of benzene rings is 1. The van der Waals surface area contributed by atoms with Gasteiger partial charge >= 0.3 is 0 Å². The molecular formula is C14H14FN3O. The van der Waals surface area contributed by atoms with E-state index in [0.717, 1.165) is 0 Å². The van der Waals surface area contributed by atoms with E-state index in [-0.39, 0.29) is 5.91 Å². The Hall–Kier alpha value is -2.30. The molecule has 0 fully saturated rings. The molecule has 98 valence electrons. The zero-order valence-corrected chi connectivity index (χ0v) is 11.0. The highest BCUT2D eigenvalue weighted by Crippen LogP contribution is 2.14. The molecule has 1 aromatic carbocycles. The van der Waals surface area contributed by atoms with Crippen molar-refractivity contribution in [3.63, 3.8) is 0 Å². The molecule has 4 nitrogen and oxygen atoms in total. The van der Waals surface area contributed by atoms with Gasteiger partial charge in [-0.25, -0.2) is 14.4 Å². The lowest BCUT2D eigenvalue weighted by Crippen LogP contribution is -2.17. The van der Waals surface area contributed by atoms with E-state index in [1.807, 2.05) is 0 Å². The van der Waals surface area contributed by atoms with Crippen LogP contribution in [-0.4, -0.2) is 15.9 Å². The van der Waals surface area contributed by atoms with Crippen molar-refractivity contribution in [1.29, 1.82) is 0 Å². The molecule has 0 unspecified atom stereocenters. The molecule has 1 N–H and O–H groups in total. The van der Waals surface area contributed by atoms with Gasteiger partial charge in [-0.2, -0.15) is 0 Å². The number of carbonyl (C=O) groups is 1. The third-order valence-electron chi connectivity index (χ3n) is 2.69. The van der Waals surface area contributed by atoms with Crippen molar-refractivity contribution < 1.29 is 9.18 Å². The number of aryl methyl sites for hydroxylation is 3. The Morgan fingerprint density at radius 1 is 1.16 bits per heavy atom. The molecule has 0 atom stereocenters. The van der Waals surface area contributed by atoms with Crippen LogP contribution in [0.4, 0.5) is 10.1 Å².